The summed E-state index contributed by atoms with van der Waals surface area (Å²) >= 11 is 0. The Morgan fingerprint density at radius 3 is 1.07 bits per heavy atom. The minimum absolute atomic E-state index is 0.859. The van der Waals surface area contributed by atoms with Crippen molar-refractivity contribution in [2.75, 3.05) is 14.2 Å². The second-order valence-electron chi connectivity index (χ2n) is 6.49. The topological polar surface area (TPSA) is 54.1 Å². The summed E-state index contributed by atoms with van der Waals surface area (Å²) in [5.41, 5.74) is 7.07. The minimum atomic E-state index is 0.859. The Bertz CT molecular complexity index is 1110. The van der Waals surface area contributed by atoms with Crippen molar-refractivity contribution in [1.29, 1.82) is 0 Å². The van der Waals surface area contributed by atoms with Gasteiger partial charge in [-0.25, -0.2) is 9.97 Å². The van der Waals surface area contributed by atoms with Gasteiger partial charge in [-0.15, -0.1) is 0 Å². The molecule has 5 rings (SSSR count). The van der Waals surface area contributed by atoms with E-state index in [2.05, 4.69) is 9.97 Å². The van der Waals surface area contributed by atoms with Crippen LogP contribution in [-0.2, 0) is 0 Å². The largest absolute Gasteiger partial charge is 0.417 e. The maximum Gasteiger partial charge on any atom is 0.104 e. The van der Waals surface area contributed by atoms with Crippen LogP contribution in [0.4, 0.5) is 0 Å². The van der Waals surface area contributed by atoms with E-state index >= 15 is 0 Å². The van der Waals surface area contributed by atoms with Crippen molar-refractivity contribution in [2.24, 2.45) is 0 Å². The van der Waals surface area contributed by atoms with Crippen LogP contribution in [0.5, 0.6) is 0 Å². The highest BCUT2D eigenvalue weighted by molar-refractivity contribution is 5.77. The van der Waals surface area contributed by atoms with Crippen LogP contribution < -0.4 is 9.68 Å². The Morgan fingerprint density at radius 1 is 0.536 bits per heavy atom. The fourth-order valence-electron chi connectivity index (χ4n) is 3.48. The molecule has 0 amide bonds. The molecule has 28 heavy (non-hydrogen) atoms. The molecule has 0 radical (unpaired) electrons. The van der Waals surface area contributed by atoms with Crippen molar-refractivity contribution in [3.05, 3.63) is 71.3 Å². The third kappa shape index (κ3) is 2.75. The summed E-state index contributed by atoms with van der Waals surface area (Å²) in [5.74, 6) is 0. The van der Waals surface area contributed by atoms with Gasteiger partial charge < -0.3 is 9.68 Å². The van der Waals surface area contributed by atoms with Gasteiger partial charge in [0.2, 0.25) is 0 Å². The first kappa shape index (κ1) is 16.4. The molecule has 2 aliphatic heterocycles. The lowest BCUT2D eigenvalue weighted by atomic mass is 10.3. The molecule has 0 N–H and O–H groups in total. The molecule has 3 aromatic rings. The van der Waals surface area contributed by atoms with E-state index in [1.807, 2.05) is 72.8 Å². The predicted molar refractivity (Wildman–Crippen MR) is 111 cm³/mol. The standard InChI is InChI=1S/C22H18N4O2/c1-27-25-19-7-8-20(25)12-16-4-6-18(24-16)14-22-10-9-21(26(22)28-2)13-17-5-3-15(11-19)23-17/h3-14H,1-2H3. The van der Waals surface area contributed by atoms with Crippen LogP contribution in [0.2, 0.25) is 0 Å². The zero-order valence-corrected chi connectivity index (χ0v) is 15.5. The van der Waals surface area contributed by atoms with E-state index < -0.39 is 0 Å². The molecule has 0 saturated heterocycles. The van der Waals surface area contributed by atoms with Crippen LogP contribution in [0, 0.1) is 0 Å². The number of aromatic nitrogens is 4. The van der Waals surface area contributed by atoms with Gasteiger partial charge >= 0.3 is 0 Å². The van der Waals surface area contributed by atoms with E-state index in [1.54, 1.807) is 23.7 Å². The maximum absolute atomic E-state index is 5.57. The Balaban J connectivity index is 1.90. The van der Waals surface area contributed by atoms with Gasteiger partial charge in [-0.1, -0.05) is 0 Å². The first-order valence-electron chi connectivity index (χ1n) is 8.92. The van der Waals surface area contributed by atoms with Gasteiger partial charge in [0.25, 0.3) is 0 Å². The SMILES string of the molecule is COn1c2ccc1cc1nc(cc3ccc(cc4nc(c2)C=C4)n3OC)C=C1. The lowest BCUT2D eigenvalue weighted by Gasteiger charge is -2.03. The Hall–Kier alpha value is -3.80. The van der Waals surface area contributed by atoms with Gasteiger partial charge in [-0.2, -0.15) is 9.46 Å². The van der Waals surface area contributed by atoms with Crippen molar-refractivity contribution in [2.45, 2.75) is 0 Å². The van der Waals surface area contributed by atoms with E-state index in [0.29, 0.717) is 0 Å². The zero-order chi connectivity index (χ0) is 19.1. The molecule has 8 bridgehead atoms. The van der Waals surface area contributed by atoms with Crippen LogP contribution in [-0.4, -0.2) is 33.6 Å². The van der Waals surface area contributed by atoms with Gasteiger partial charge in [0.05, 0.1) is 44.8 Å². The summed E-state index contributed by atoms with van der Waals surface area (Å²) in [5, 5.41) is 0. The summed E-state index contributed by atoms with van der Waals surface area (Å²) < 4.78 is 3.53. The highest BCUT2D eigenvalue weighted by atomic mass is 16.6. The molecular weight excluding hydrogens is 352 g/mol. The molecule has 5 heterocycles. The highest BCUT2D eigenvalue weighted by Gasteiger charge is 2.06. The van der Waals surface area contributed by atoms with E-state index in [0.717, 1.165) is 44.8 Å². The minimum Gasteiger partial charge on any atom is -0.417 e. The Morgan fingerprint density at radius 2 is 0.821 bits per heavy atom. The van der Waals surface area contributed by atoms with E-state index in [-0.39, 0.29) is 0 Å². The second-order valence-corrected chi connectivity index (χ2v) is 6.49. The average molecular weight is 370 g/mol. The van der Waals surface area contributed by atoms with Crippen molar-refractivity contribution in [3.8, 4) is 0 Å². The smallest absolute Gasteiger partial charge is 0.104 e. The number of hydrogen-bond acceptors (Lipinski definition) is 4. The first-order valence-corrected chi connectivity index (χ1v) is 8.92. The quantitative estimate of drug-likeness (QED) is 0.475. The molecule has 0 aromatic carbocycles. The Kier molecular flexibility index (Phi) is 3.76. The molecule has 0 spiro atoms. The molecule has 2 aliphatic rings. The summed E-state index contributed by atoms with van der Waals surface area (Å²) in [6, 6.07) is 16.0. The fourth-order valence-corrected chi connectivity index (χ4v) is 3.48. The lowest BCUT2D eigenvalue weighted by Crippen LogP contribution is -2.04. The predicted octanol–water partition coefficient (Wildman–Crippen LogP) is 3.72. The van der Waals surface area contributed by atoms with Crippen LogP contribution in [0.15, 0.2) is 48.5 Å². The van der Waals surface area contributed by atoms with Gasteiger partial charge in [-0.3, -0.25) is 0 Å². The molecule has 0 atom stereocenters. The summed E-state index contributed by atoms with van der Waals surface area (Å²) in [6.45, 7) is 0. The molecular formula is C22H18N4O2. The van der Waals surface area contributed by atoms with Crippen molar-refractivity contribution < 1.29 is 9.68 Å². The normalized spacial score (nSPS) is 12.4. The van der Waals surface area contributed by atoms with Crippen LogP contribution in [0.3, 0.4) is 0 Å². The molecule has 3 aromatic heterocycles. The van der Waals surface area contributed by atoms with Gasteiger partial charge in [0.15, 0.2) is 0 Å². The van der Waals surface area contributed by atoms with E-state index in [1.165, 1.54) is 0 Å². The van der Waals surface area contributed by atoms with Crippen LogP contribution >= 0.6 is 0 Å². The number of nitrogens with zero attached hydrogens (tertiary/aromatic N) is 4. The van der Waals surface area contributed by atoms with E-state index in [9.17, 15) is 0 Å². The average Bonchev–Trinajstić information content (AvgIpc) is 3.46. The maximum atomic E-state index is 5.57. The summed E-state index contributed by atoms with van der Waals surface area (Å²) in [4.78, 5) is 20.5. The summed E-state index contributed by atoms with van der Waals surface area (Å²) in [6.07, 6.45) is 7.94. The fraction of sp³-hybridized carbons (Fsp3) is 0.0909. The third-order valence-electron chi connectivity index (χ3n) is 4.70. The van der Waals surface area contributed by atoms with E-state index in [4.69, 9.17) is 9.68 Å². The number of rotatable bonds is 2. The van der Waals surface area contributed by atoms with Crippen LogP contribution in [0.1, 0.15) is 22.8 Å². The van der Waals surface area contributed by atoms with Crippen molar-refractivity contribution in [3.63, 3.8) is 0 Å². The molecule has 0 aliphatic carbocycles. The van der Waals surface area contributed by atoms with Crippen molar-refractivity contribution >= 4 is 46.4 Å². The molecule has 6 nitrogen and oxygen atoms in total. The zero-order valence-electron chi connectivity index (χ0n) is 15.5. The first-order chi connectivity index (χ1) is 13.7. The summed E-state index contributed by atoms with van der Waals surface area (Å²) in [7, 11) is 3.30. The Labute approximate surface area is 161 Å². The lowest BCUT2D eigenvalue weighted by molar-refractivity contribution is 0.189. The second kappa shape index (κ2) is 6.42. The molecule has 0 unspecified atom stereocenters. The monoisotopic (exact) mass is 370 g/mol. The molecule has 138 valence electrons. The number of hydrogen-bond donors (Lipinski definition) is 0. The molecule has 0 fully saturated rings. The third-order valence-corrected chi connectivity index (χ3v) is 4.70. The van der Waals surface area contributed by atoms with Crippen LogP contribution in [0.25, 0.3) is 46.4 Å². The van der Waals surface area contributed by atoms with Gasteiger partial charge in [0, 0.05) is 0 Å². The number of fused-ring (bicyclic) bond motifs is 8. The van der Waals surface area contributed by atoms with Crippen molar-refractivity contribution in [1.82, 2.24) is 19.4 Å². The molecule has 0 saturated carbocycles. The highest BCUT2D eigenvalue weighted by Crippen LogP contribution is 2.19. The van der Waals surface area contributed by atoms with Gasteiger partial charge in [-0.05, 0) is 72.8 Å². The molecule has 6 heteroatoms. The van der Waals surface area contributed by atoms with Gasteiger partial charge in [0.1, 0.15) is 14.2 Å².